The van der Waals surface area contributed by atoms with Gasteiger partial charge in [-0.1, -0.05) is 26.0 Å². The normalized spacial score (nSPS) is 19.9. The molecule has 2 rings (SSSR count). The Morgan fingerprint density at radius 1 is 1.33 bits per heavy atom. The van der Waals surface area contributed by atoms with Gasteiger partial charge in [-0.3, -0.25) is 0 Å². The van der Waals surface area contributed by atoms with Gasteiger partial charge in [0.15, 0.2) is 11.5 Å². The van der Waals surface area contributed by atoms with E-state index < -0.39 is 0 Å². The highest BCUT2D eigenvalue weighted by atomic mass is 16.6. The van der Waals surface area contributed by atoms with Crippen LogP contribution in [0.1, 0.15) is 20.3 Å². The van der Waals surface area contributed by atoms with E-state index in [2.05, 4.69) is 19.2 Å². The van der Waals surface area contributed by atoms with Crippen molar-refractivity contribution in [2.45, 2.75) is 38.5 Å². The van der Waals surface area contributed by atoms with Gasteiger partial charge in [0.1, 0.15) is 12.7 Å². The molecule has 0 fully saturated rings. The molecule has 0 spiro atoms. The fraction of sp³-hybridized carbons (Fsp3) is 0.571. The summed E-state index contributed by atoms with van der Waals surface area (Å²) in [6.45, 7) is 4.83. The number of hydrogen-bond donors (Lipinski definition) is 2. The zero-order chi connectivity index (χ0) is 13.0. The number of aliphatic hydroxyl groups is 1. The second kappa shape index (κ2) is 6.07. The summed E-state index contributed by atoms with van der Waals surface area (Å²) >= 11 is 0. The smallest absolute Gasteiger partial charge is 0.161 e. The van der Waals surface area contributed by atoms with Gasteiger partial charge in [0.2, 0.25) is 0 Å². The molecule has 1 aromatic rings. The number of aliphatic hydroxyl groups excluding tert-OH is 1. The van der Waals surface area contributed by atoms with Crippen LogP contribution < -0.4 is 14.8 Å². The summed E-state index contributed by atoms with van der Waals surface area (Å²) in [5.41, 5.74) is 0. The van der Waals surface area contributed by atoms with E-state index in [1.54, 1.807) is 0 Å². The van der Waals surface area contributed by atoms with Gasteiger partial charge < -0.3 is 19.9 Å². The summed E-state index contributed by atoms with van der Waals surface area (Å²) in [7, 11) is 0. The van der Waals surface area contributed by atoms with Crippen LogP contribution in [0.15, 0.2) is 24.3 Å². The second-order valence-electron chi connectivity index (χ2n) is 4.85. The maximum Gasteiger partial charge on any atom is 0.161 e. The van der Waals surface area contributed by atoms with Crippen molar-refractivity contribution < 1.29 is 14.6 Å². The maximum absolute atomic E-state index is 9.14. The Bertz CT molecular complexity index is 381. The van der Waals surface area contributed by atoms with Gasteiger partial charge in [0, 0.05) is 18.7 Å². The minimum Gasteiger partial charge on any atom is -0.486 e. The minimum absolute atomic E-state index is 0.0607. The lowest BCUT2D eigenvalue weighted by atomic mass is 10.1. The lowest BCUT2D eigenvalue weighted by Crippen LogP contribution is -2.50. The first kappa shape index (κ1) is 13.2. The van der Waals surface area contributed by atoms with Crippen LogP contribution in [0.4, 0.5) is 0 Å². The average molecular weight is 251 g/mol. The molecule has 0 aliphatic carbocycles. The molecule has 18 heavy (non-hydrogen) atoms. The summed E-state index contributed by atoms with van der Waals surface area (Å²) in [5, 5.41) is 12.6. The fourth-order valence-electron chi connectivity index (χ4n) is 2.18. The number of fused-ring (bicyclic) bond motifs is 1. The number of ether oxygens (including phenoxy) is 2. The third-order valence-corrected chi connectivity index (χ3v) is 2.97. The Morgan fingerprint density at radius 2 is 2.06 bits per heavy atom. The summed E-state index contributed by atoms with van der Waals surface area (Å²) in [6, 6.07) is 8.13. The number of benzene rings is 1. The predicted molar refractivity (Wildman–Crippen MR) is 70.1 cm³/mol. The monoisotopic (exact) mass is 251 g/mol. The Labute approximate surface area is 108 Å². The zero-order valence-corrected chi connectivity index (χ0v) is 10.9. The van der Waals surface area contributed by atoms with E-state index in [0.717, 1.165) is 11.5 Å². The quantitative estimate of drug-likeness (QED) is 0.834. The first-order valence-electron chi connectivity index (χ1n) is 6.46. The van der Waals surface area contributed by atoms with Crippen LogP contribution in [0.5, 0.6) is 11.5 Å². The van der Waals surface area contributed by atoms with Gasteiger partial charge >= 0.3 is 0 Å². The van der Waals surface area contributed by atoms with Crippen molar-refractivity contribution in [3.63, 3.8) is 0 Å². The van der Waals surface area contributed by atoms with E-state index in [1.165, 1.54) is 0 Å². The number of hydrogen-bond acceptors (Lipinski definition) is 4. The molecule has 1 aromatic carbocycles. The van der Waals surface area contributed by atoms with E-state index in [0.29, 0.717) is 19.1 Å². The zero-order valence-electron chi connectivity index (χ0n) is 10.9. The molecule has 1 aliphatic rings. The Balaban J connectivity index is 2.05. The first-order valence-corrected chi connectivity index (χ1v) is 6.46. The number of nitrogens with one attached hydrogen (secondary N) is 1. The van der Waals surface area contributed by atoms with Crippen LogP contribution in [-0.4, -0.2) is 36.5 Å². The van der Waals surface area contributed by atoms with E-state index in [9.17, 15) is 0 Å². The van der Waals surface area contributed by atoms with Crippen LogP contribution in [0.3, 0.4) is 0 Å². The van der Waals surface area contributed by atoms with Gasteiger partial charge in [-0.15, -0.1) is 0 Å². The van der Waals surface area contributed by atoms with E-state index in [-0.39, 0.29) is 18.8 Å². The van der Waals surface area contributed by atoms with Crippen LogP contribution in [-0.2, 0) is 0 Å². The van der Waals surface area contributed by atoms with Gasteiger partial charge in [0.25, 0.3) is 0 Å². The fourth-order valence-corrected chi connectivity index (χ4v) is 2.18. The Hall–Kier alpha value is -1.26. The molecule has 0 saturated carbocycles. The molecule has 1 aliphatic heterocycles. The van der Waals surface area contributed by atoms with Gasteiger partial charge in [-0.25, -0.2) is 0 Å². The van der Waals surface area contributed by atoms with Crippen LogP contribution in [0, 0.1) is 0 Å². The molecular formula is C14H21NO3. The van der Waals surface area contributed by atoms with Crippen molar-refractivity contribution in [2.24, 2.45) is 0 Å². The van der Waals surface area contributed by atoms with Gasteiger partial charge in [-0.05, 0) is 18.6 Å². The lowest BCUT2D eigenvalue weighted by Gasteiger charge is -2.33. The minimum atomic E-state index is -0.0607. The van der Waals surface area contributed by atoms with Crippen LogP contribution in [0.25, 0.3) is 0 Å². The highest BCUT2D eigenvalue weighted by Gasteiger charge is 2.28. The van der Waals surface area contributed by atoms with Crippen LogP contribution in [0.2, 0.25) is 0 Å². The highest BCUT2D eigenvalue weighted by molar-refractivity contribution is 5.40. The molecule has 0 saturated heterocycles. The number of rotatable bonds is 5. The molecule has 2 N–H and O–H groups in total. The van der Waals surface area contributed by atoms with E-state index >= 15 is 0 Å². The molecule has 1 heterocycles. The Morgan fingerprint density at radius 3 is 2.72 bits per heavy atom. The standard InChI is InChI=1S/C14H21NO3/c1-10(2)15-11(7-8-16)14-9-17-12-5-3-4-6-13(12)18-14/h3-6,10-11,14-16H,7-9H2,1-2H3/t11-,14-/m1/s1. The summed E-state index contributed by atoms with van der Waals surface area (Å²) in [6.07, 6.45) is 0.600. The van der Waals surface area contributed by atoms with Crippen molar-refractivity contribution >= 4 is 0 Å². The van der Waals surface area contributed by atoms with Crippen molar-refractivity contribution in [3.05, 3.63) is 24.3 Å². The van der Waals surface area contributed by atoms with Crippen molar-refractivity contribution in [1.29, 1.82) is 0 Å². The average Bonchev–Trinajstić information content (AvgIpc) is 2.37. The number of para-hydroxylation sites is 2. The summed E-state index contributed by atoms with van der Waals surface area (Å²) < 4.78 is 11.6. The van der Waals surface area contributed by atoms with E-state index in [1.807, 2.05) is 24.3 Å². The molecule has 0 unspecified atom stereocenters. The first-order chi connectivity index (χ1) is 8.70. The van der Waals surface area contributed by atoms with E-state index in [4.69, 9.17) is 14.6 Å². The van der Waals surface area contributed by atoms with Crippen molar-refractivity contribution in [3.8, 4) is 11.5 Å². The van der Waals surface area contributed by atoms with Crippen LogP contribution >= 0.6 is 0 Å². The van der Waals surface area contributed by atoms with Gasteiger partial charge in [0.05, 0.1) is 0 Å². The summed E-state index contributed by atoms with van der Waals surface area (Å²) in [4.78, 5) is 0. The molecule has 0 aromatic heterocycles. The predicted octanol–water partition coefficient (Wildman–Crippen LogP) is 1.58. The largest absolute Gasteiger partial charge is 0.486 e. The lowest BCUT2D eigenvalue weighted by molar-refractivity contribution is 0.0514. The third kappa shape index (κ3) is 3.15. The van der Waals surface area contributed by atoms with Gasteiger partial charge in [-0.2, -0.15) is 0 Å². The SMILES string of the molecule is CC(C)N[C@H](CCO)[C@H]1COc2ccccc2O1. The molecule has 2 atom stereocenters. The highest BCUT2D eigenvalue weighted by Crippen LogP contribution is 2.31. The van der Waals surface area contributed by atoms with Crippen molar-refractivity contribution in [2.75, 3.05) is 13.2 Å². The van der Waals surface area contributed by atoms with Crippen molar-refractivity contribution in [1.82, 2.24) is 5.32 Å². The Kier molecular flexibility index (Phi) is 4.44. The molecule has 4 nitrogen and oxygen atoms in total. The molecule has 0 amide bonds. The molecule has 0 radical (unpaired) electrons. The molecule has 0 bridgehead atoms. The summed E-state index contributed by atoms with van der Waals surface area (Å²) in [5.74, 6) is 1.57. The third-order valence-electron chi connectivity index (χ3n) is 2.97. The second-order valence-corrected chi connectivity index (χ2v) is 4.85. The maximum atomic E-state index is 9.14. The molecule has 100 valence electrons. The molecule has 4 heteroatoms. The molecular weight excluding hydrogens is 230 g/mol. The topological polar surface area (TPSA) is 50.7 Å².